The molecule has 26 heavy (non-hydrogen) atoms. The summed E-state index contributed by atoms with van der Waals surface area (Å²) >= 11 is 3.06. The van der Waals surface area contributed by atoms with Crippen LogP contribution in [-0.4, -0.2) is 45.6 Å². The van der Waals surface area contributed by atoms with Crippen molar-refractivity contribution in [3.05, 3.63) is 43.9 Å². The molecule has 3 heterocycles. The monoisotopic (exact) mass is 395 g/mol. The van der Waals surface area contributed by atoms with E-state index < -0.39 is 5.97 Å². The number of aliphatic hydroxyl groups is 1. The lowest BCUT2D eigenvalue weighted by molar-refractivity contribution is -0.138. The Hall–Kier alpha value is -2.13. The van der Waals surface area contributed by atoms with Crippen LogP contribution in [0.4, 0.5) is 0 Å². The molecule has 0 saturated carbocycles. The van der Waals surface area contributed by atoms with Crippen molar-refractivity contribution < 1.29 is 24.5 Å². The molecule has 2 aliphatic heterocycles. The van der Waals surface area contributed by atoms with E-state index in [1.54, 1.807) is 11.8 Å². The van der Waals surface area contributed by atoms with Crippen LogP contribution < -0.4 is 5.56 Å². The van der Waals surface area contributed by atoms with Crippen molar-refractivity contribution in [2.75, 3.05) is 18.6 Å². The highest BCUT2D eigenvalue weighted by Gasteiger charge is 2.34. The van der Waals surface area contributed by atoms with Gasteiger partial charge in [0.25, 0.3) is 5.56 Å². The molecule has 0 atom stereocenters. The quantitative estimate of drug-likeness (QED) is 0.489. The number of esters is 1. The van der Waals surface area contributed by atoms with Crippen LogP contribution in [0.1, 0.15) is 18.5 Å². The number of thioether (sulfide) groups is 2. The van der Waals surface area contributed by atoms with Gasteiger partial charge in [-0.1, -0.05) is 0 Å². The predicted octanol–water partition coefficient (Wildman–Crippen LogP) is 2.06. The lowest BCUT2D eigenvalue weighted by Gasteiger charge is -2.15. The number of ether oxygens (including phenoxy) is 1. The third-order valence-corrected chi connectivity index (χ3v) is 6.44. The van der Waals surface area contributed by atoms with Gasteiger partial charge in [-0.15, -0.1) is 23.5 Å². The fourth-order valence-electron chi connectivity index (χ4n) is 2.91. The fourth-order valence-corrected chi connectivity index (χ4v) is 5.13. The molecule has 0 saturated heterocycles. The number of aromatic hydroxyl groups is 1. The maximum Gasteiger partial charge on any atom is 0.345 e. The van der Waals surface area contributed by atoms with Crippen molar-refractivity contribution in [1.29, 1.82) is 0 Å². The molecule has 138 valence electrons. The predicted molar refractivity (Wildman–Crippen MR) is 98.6 cm³/mol. The number of ketones is 1. The van der Waals surface area contributed by atoms with Crippen LogP contribution in [0.3, 0.4) is 0 Å². The molecule has 1 aliphatic carbocycles. The highest BCUT2D eigenvalue weighted by atomic mass is 32.2. The molecule has 0 unspecified atom stereocenters. The van der Waals surface area contributed by atoms with Gasteiger partial charge in [0.2, 0.25) is 0 Å². The van der Waals surface area contributed by atoms with Gasteiger partial charge in [0.1, 0.15) is 17.1 Å². The minimum absolute atomic E-state index is 0.117. The van der Waals surface area contributed by atoms with E-state index in [4.69, 9.17) is 0 Å². The lowest BCUT2D eigenvalue weighted by atomic mass is 9.94. The van der Waals surface area contributed by atoms with Crippen LogP contribution in [0.15, 0.2) is 37.6 Å². The summed E-state index contributed by atoms with van der Waals surface area (Å²) in [5, 5.41) is 19.1. The maximum absolute atomic E-state index is 11.6. The molecule has 7 nitrogen and oxygen atoms in total. The van der Waals surface area contributed by atoms with Gasteiger partial charge in [0, 0.05) is 34.6 Å². The maximum atomic E-state index is 11.6. The Morgan fingerprint density at radius 2 is 1.92 bits per heavy atom. The molecule has 0 aromatic carbocycles. The van der Waals surface area contributed by atoms with Crippen LogP contribution in [0.5, 0.6) is 5.75 Å². The van der Waals surface area contributed by atoms with Crippen molar-refractivity contribution in [3.8, 4) is 5.75 Å². The minimum Gasteiger partial charge on any atom is -0.507 e. The Labute approximate surface area is 157 Å². The lowest BCUT2D eigenvalue weighted by Crippen LogP contribution is -2.21. The van der Waals surface area contributed by atoms with Crippen LogP contribution in [0.25, 0.3) is 0 Å². The van der Waals surface area contributed by atoms with Gasteiger partial charge in [-0.2, -0.15) is 0 Å². The molecular formula is C17H17NO6S2. The van der Waals surface area contributed by atoms with Gasteiger partial charge >= 0.3 is 5.97 Å². The van der Waals surface area contributed by atoms with E-state index in [1.165, 1.54) is 24.9 Å². The number of aromatic nitrogens is 1. The van der Waals surface area contributed by atoms with Crippen LogP contribution in [0.2, 0.25) is 0 Å². The number of methoxy groups -OCH3 is 1. The van der Waals surface area contributed by atoms with Gasteiger partial charge < -0.3 is 19.9 Å². The topological polar surface area (TPSA) is 117 Å². The first-order chi connectivity index (χ1) is 12.4. The summed E-state index contributed by atoms with van der Waals surface area (Å²) in [6.07, 6.45) is 1.89. The Bertz CT molecular complexity index is 899. The zero-order valence-electron chi connectivity index (χ0n) is 14.0. The standard InChI is InChI=1S/C10H10O4S.C7H7NO2S/c1-14-10(13)7-6(11)4-5-2-3-15-9(5)8(7)12;9-5-3-6(10)8-4-1-2-11-7(4)5/h12H,2-4H2,1H3;3H,1-2H2,(H2,8,9,10). The third kappa shape index (κ3) is 3.54. The summed E-state index contributed by atoms with van der Waals surface area (Å²) in [5.41, 5.74) is 1.39. The first-order valence-corrected chi connectivity index (χ1v) is 9.87. The Morgan fingerprint density at radius 1 is 1.19 bits per heavy atom. The van der Waals surface area contributed by atoms with Gasteiger partial charge in [-0.05, 0) is 18.4 Å². The summed E-state index contributed by atoms with van der Waals surface area (Å²) in [5.74, 6) is 0.623. The highest BCUT2D eigenvalue weighted by molar-refractivity contribution is 8.03. The molecule has 9 heteroatoms. The van der Waals surface area contributed by atoms with E-state index in [1.807, 2.05) is 0 Å². The number of Topliss-reactive ketones (excluding diaryl/α,β-unsaturated/α-hetero) is 1. The number of pyridine rings is 1. The minimum atomic E-state index is -0.753. The number of nitrogens with one attached hydrogen (secondary N) is 1. The number of H-pyrrole nitrogens is 1. The van der Waals surface area contributed by atoms with E-state index in [9.17, 15) is 24.6 Å². The van der Waals surface area contributed by atoms with Crippen molar-refractivity contribution in [1.82, 2.24) is 4.98 Å². The molecule has 0 radical (unpaired) electrons. The Kier molecular flexibility index (Phi) is 5.47. The van der Waals surface area contributed by atoms with E-state index in [0.717, 1.165) is 40.5 Å². The molecular weight excluding hydrogens is 378 g/mol. The average Bonchev–Trinajstić information content (AvgIpc) is 3.24. The molecule has 0 spiro atoms. The van der Waals surface area contributed by atoms with Crippen LogP contribution in [-0.2, 0) is 20.7 Å². The Morgan fingerprint density at radius 3 is 2.65 bits per heavy atom. The van der Waals surface area contributed by atoms with Gasteiger partial charge in [-0.25, -0.2) is 4.79 Å². The summed E-state index contributed by atoms with van der Waals surface area (Å²) in [6.45, 7) is 0. The second-order valence-corrected chi connectivity index (χ2v) is 7.98. The summed E-state index contributed by atoms with van der Waals surface area (Å²) in [7, 11) is 1.20. The van der Waals surface area contributed by atoms with Gasteiger partial charge in [0.15, 0.2) is 5.78 Å². The molecule has 0 fully saturated rings. The number of aromatic amines is 1. The molecule has 4 rings (SSSR count). The molecule has 1 aromatic heterocycles. The van der Waals surface area contributed by atoms with Crippen molar-refractivity contribution in [2.24, 2.45) is 0 Å². The van der Waals surface area contributed by atoms with E-state index >= 15 is 0 Å². The highest BCUT2D eigenvalue weighted by Crippen LogP contribution is 2.42. The normalized spacial score (nSPS) is 18.3. The van der Waals surface area contributed by atoms with Crippen LogP contribution >= 0.6 is 23.5 Å². The molecule has 0 bridgehead atoms. The average molecular weight is 395 g/mol. The van der Waals surface area contributed by atoms with Gasteiger partial charge in [-0.3, -0.25) is 9.59 Å². The zero-order chi connectivity index (χ0) is 18.8. The SMILES string of the molecule is COC(=O)C1=C(O)C2=C(CCS2)CC1=O.O=c1cc(O)c2c([nH]1)CCS2. The largest absolute Gasteiger partial charge is 0.507 e. The number of allylic oxidation sites excluding steroid dienone is 1. The fraction of sp³-hybridized carbons (Fsp3) is 0.353. The summed E-state index contributed by atoms with van der Waals surface area (Å²) < 4.78 is 4.47. The summed E-state index contributed by atoms with van der Waals surface area (Å²) in [4.78, 5) is 37.9. The number of aliphatic hydroxyl groups excluding tert-OH is 1. The molecule has 0 amide bonds. The van der Waals surface area contributed by atoms with Crippen molar-refractivity contribution >= 4 is 35.3 Å². The first kappa shape index (κ1) is 18.7. The molecule has 1 aromatic rings. The number of carbonyl (C=O) groups excluding carboxylic acids is 2. The second-order valence-electron chi connectivity index (χ2n) is 5.77. The molecule has 3 aliphatic rings. The van der Waals surface area contributed by atoms with E-state index in [2.05, 4.69) is 9.72 Å². The van der Waals surface area contributed by atoms with E-state index in [-0.39, 0.29) is 34.8 Å². The number of aryl methyl sites for hydroxylation is 1. The third-order valence-electron chi connectivity index (χ3n) is 4.11. The number of carbonyl (C=O) groups is 2. The Balaban J connectivity index is 0.000000158. The number of hydrogen-bond acceptors (Lipinski definition) is 8. The van der Waals surface area contributed by atoms with Gasteiger partial charge in [0.05, 0.1) is 12.0 Å². The first-order valence-electron chi connectivity index (χ1n) is 7.90. The van der Waals surface area contributed by atoms with Crippen molar-refractivity contribution in [2.45, 2.75) is 24.2 Å². The number of hydrogen-bond donors (Lipinski definition) is 3. The number of rotatable bonds is 1. The van der Waals surface area contributed by atoms with Crippen molar-refractivity contribution in [3.63, 3.8) is 0 Å². The number of fused-ring (bicyclic) bond motifs is 1. The zero-order valence-corrected chi connectivity index (χ0v) is 15.6. The summed E-state index contributed by atoms with van der Waals surface area (Å²) in [6, 6.07) is 1.22. The second kappa shape index (κ2) is 7.63. The van der Waals surface area contributed by atoms with Crippen LogP contribution in [0, 0.1) is 0 Å². The van der Waals surface area contributed by atoms with E-state index in [0.29, 0.717) is 4.91 Å². The molecule has 3 N–H and O–H groups in total. The smallest absolute Gasteiger partial charge is 0.345 e.